The minimum atomic E-state index is -0.0255. The smallest absolute Gasteiger partial charge is 0.133 e. The normalized spacial score (nSPS) is 12.3. The van der Waals surface area contributed by atoms with Crippen LogP contribution in [0.25, 0.3) is 0 Å². The minimum Gasteiger partial charge on any atom is -0.361 e. The van der Waals surface area contributed by atoms with Gasteiger partial charge >= 0.3 is 0 Å². The van der Waals surface area contributed by atoms with E-state index in [4.69, 9.17) is 10.3 Å². The van der Waals surface area contributed by atoms with E-state index in [0.717, 1.165) is 11.5 Å². The highest BCUT2D eigenvalue weighted by molar-refractivity contribution is 5.85. The Morgan fingerprint density at radius 3 is 2.50 bits per heavy atom. The summed E-state index contributed by atoms with van der Waals surface area (Å²) in [6.45, 7) is 3.72. The Balaban J connectivity index is 0.000000810. The van der Waals surface area contributed by atoms with Gasteiger partial charge in [-0.1, -0.05) is 5.16 Å². The zero-order valence-corrected chi connectivity index (χ0v) is 6.81. The molecule has 0 aliphatic heterocycles. The van der Waals surface area contributed by atoms with Gasteiger partial charge in [-0.3, -0.25) is 0 Å². The van der Waals surface area contributed by atoms with Crippen molar-refractivity contribution in [1.29, 1.82) is 0 Å². The van der Waals surface area contributed by atoms with E-state index < -0.39 is 0 Å². The molecule has 0 aliphatic carbocycles. The summed E-state index contributed by atoms with van der Waals surface area (Å²) in [4.78, 5) is 0. The minimum absolute atomic E-state index is 0. The van der Waals surface area contributed by atoms with Gasteiger partial charge in [-0.2, -0.15) is 0 Å². The molecular formula is C6H11ClN2O. The number of nitrogens with zero attached hydrogens (tertiary/aromatic N) is 1. The van der Waals surface area contributed by atoms with E-state index in [0.29, 0.717) is 0 Å². The van der Waals surface area contributed by atoms with Crippen LogP contribution in [0.1, 0.15) is 24.4 Å². The number of hydrogen-bond donors (Lipinski definition) is 1. The van der Waals surface area contributed by atoms with E-state index >= 15 is 0 Å². The van der Waals surface area contributed by atoms with Crippen LogP contribution < -0.4 is 5.73 Å². The highest BCUT2D eigenvalue weighted by Gasteiger charge is 2.02. The summed E-state index contributed by atoms with van der Waals surface area (Å²) in [5, 5.41) is 3.72. The first kappa shape index (κ1) is 9.46. The molecule has 0 spiro atoms. The van der Waals surface area contributed by atoms with Gasteiger partial charge in [0.2, 0.25) is 0 Å². The molecule has 1 rings (SSSR count). The quantitative estimate of drug-likeness (QED) is 0.680. The molecule has 0 amide bonds. The van der Waals surface area contributed by atoms with Crippen molar-refractivity contribution >= 4 is 12.4 Å². The van der Waals surface area contributed by atoms with E-state index in [-0.39, 0.29) is 18.4 Å². The molecule has 1 atom stereocenters. The van der Waals surface area contributed by atoms with Gasteiger partial charge in [0.1, 0.15) is 11.5 Å². The number of rotatable bonds is 1. The van der Waals surface area contributed by atoms with Gasteiger partial charge in [-0.25, -0.2) is 0 Å². The van der Waals surface area contributed by atoms with Gasteiger partial charge in [-0.05, 0) is 13.8 Å². The third kappa shape index (κ3) is 2.01. The first-order valence-corrected chi connectivity index (χ1v) is 2.89. The molecule has 0 aliphatic rings. The van der Waals surface area contributed by atoms with Crippen LogP contribution >= 0.6 is 12.4 Å². The first-order chi connectivity index (χ1) is 4.20. The van der Waals surface area contributed by atoms with Crippen LogP contribution in [0.3, 0.4) is 0 Å². The Morgan fingerprint density at radius 2 is 2.30 bits per heavy atom. The molecule has 58 valence electrons. The molecule has 0 bridgehead atoms. The lowest BCUT2D eigenvalue weighted by Crippen LogP contribution is -2.04. The Kier molecular flexibility index (Phi) is 3.39. The average molecular weight is 163 g/mol. The third-order valence-corrected chi connectivity index (χ3v) is 1.11. The van der Waals surface area contributed by atoms with Gasteiger partial charge in [0, 0.05) is 12.1 Å². The van der Waals surface area contributed by atoms with Crippen molar-refractivity contribution in [2.75, 3.05) is 0 Å². The summed E-state index contributed by atoms with van der Waals surface area (Å²) in [5.74, 6) is 0.808. The second kappa shape index (κ2) is 3.58. The van der Waals surface area contributed by atoms with Gasteiger partial charge in [0.05, 0.1) is 0 Å². The van der Waals surface area contributed by atoms with Crippen molar-refractivity contribution < 1.29 is 4.52 Å². The highest BCUT2D eigenvalue weighted by Crippen LogP contribution is 2.07. The molecule has 0 saturated carbocycles. The predicted octanol–water partition coefficient (Wildman–Crippen LogP) is 1.42. The van der Waals surface area contributed by atoms with E-state index in [9.17, 15) is 0 Å². The maximum atomic E-state index is 5.50. The Morgan fingerprint density at radius 1 is 1.70 bits per heavy atom. The summed E-state index contributed by atoms with van der Waals surface area (Å²) in [6.07, 6.45) is 0. The zero-order chi connectivity index (χ0) is 6.85. The fourth-order valence-corrected chi connectivity index (χ4v) is 0.600. The van der Waals surface area contributed by atoms with Crippen LogP contribution in [0.15, 0.2) is 10.6 Å². The molecule has 0 saturated heterocycles. The lowest BCUT2D eigenvalue weighted by molar-refractivity contribution is 0.387. The molecule has 1 aromatic heterocycles. The van der Waals surface area contributed by atoms with Crippen molar-refractivity contribution in [1.82, 2.24) is 5.16 Å². The lowest BCUT2D eigenvalue weighted by atomic mass is 10.2. The summed E-state index contributed by atoms with van der Waals surface area (Å²) in [6, 6.07) is 1.81. The average Bonchev–Trinajstić information content (AvgIpc) is 2.14. The Labute approximate surface area is 66.0 Å². The molecule has 0 fully saturated rings. The molecule has 2 N–H and O–H groups in total. The molecule has 1 aromatic rings. The van der Waals surface area contributed by atoms with Crippen molar-refractivity contribution in [3.8, 4) is 0 Å². The van der Waals surface area contributed by atoms with Crippen LogP contribution in [0, 0.1) is 6.92 Å². The Hall–Kier alpha value is -0.540. The molecular weight excluding hydrogens is 152 g/mol. The monoisotopic (exact) mass is 162 g/mol. The maximum Gasteiger partial charge on any atom is 0.133 e. The van der Waals surface area contributed by atoms with Crippen LogP contribution in [0.4, 0.5) is 0 Å². The van der Waals surface area contributed by atoms with Crippen LogP contribution in [-0.4, -0.2) is 5.16 Å². The number of nitrogens with two attached hydrogens (primary N) is 1. The van der Waals surface area contributed by atoms with Gasteiger partial charge in [0.15, 0.2) is 0 Å². The van der Waals surface area contributed by atoms with Crippen molar-refractivity contribution in [2.45, 2.75) is 19.9 Å². The molecule has 0 radical (unpaired) electrons. The highest BCUT2D eigenvalue weighted by atomic mass is 35.5. The molecule has 1 heterocycles. The second-order valence-corrected chi connectivity index (χ2v) is 2.15. The summed E-state index contributed by atoms with van der Waals surface area (Å²) in [5.41, 5.74) is 6.32. The number of aromatic nitrogens is 1. The third-order valence-electron chi connectivity index (χ3n) is 1.11. The molecule has 0 aromatic carbocycles. The maximum absolute atomic E-state index is 5.50. The van der Waals surface area contributed by atoms with Gasteiger partial charge < -0.3 is 10.3 Å². The fourth-order valence-electron chi connectivity index (χ4n) is 0.600. The van der Waals surface area contributed by atoms with Crippen molar-refractivity contribution in [3.63, 3.8) is 0 Å². The van der Waals surface area contributed by atoms with Crippen LogP contribution in [0.5, 0.6) is 0 Å². The number of aryl methyl sites for hydroxylation is 1. The van der Waals surface area contributed by atoms with Gasteiger partial charge in [-0.15, -0.1) is 12.4 Å². The largest absolute Gasteiger partial charge is 0.361 e. The topological polar surface area (TPSA) is 52.0 Å². The van der Waals surface area contributed by atoms with Crippen LogP contribution in [-0.2, 0) is 0 Å². The Bertz CT molecular complexity index is 197. The van der Waals surface area contributed by atoms with Gasteiger partial charge in [0.25, 0.3) is 0 Å². The first-order valence-electron chi connectivity index (χ1n) is 2.89. The molecule has 3 nitrogen and oxygen atoms in total. The number of hydrogen-bond acceptors (Lipinski definition) is 3. The summed E-state index contributed by atoms with van der Waals surface area (Å²) < 4.78 is 4.80. The molecule has 1 unspecified atom stereocenters. The fraction of sp³-hybridized carbons (Fsp3) is 0.500. The summed E-state index contributed by atoms with van der Waals surface area (Å²) >= 11 is 0. The van der Waals surface area contributed by atoms with E-state index in [1.54, 1.807) is 0 Å². The second-order valence-electron chi connectivity index (χ2n) is 2.15. The molecule has 10 heavy (non-hydrogen) atoms. The lowest BCUT2D eigenvalue weighted by Gasteiger charge is -1.93. The molecule has 4 heteroatoms. The summed E-state index contributed by atoms with van der Waals surface area (Å²) in [7, 11) is 0. The van der Waals surface area contributed by atoms with Crippen LogP contribution in [0.2, 0.25) is 0 Å². The standard InChI is InChI=1S/C6H10N2O.ClH/c1-4-3-6(5(2)7)8-9-4;/h3,5H,7H2,1-2H3;1H. The predicted molar refractivity (Wildman–Crippen MR) is 41.1 cm³/mol. The van der Waals surface area contributed by atoms with Crippen molar-refractivity contribution in [2.24, 2.45) is 5.73 Å². The van der Waals surface area contributed by atoms with E-state index in [2.05, 4.69) is 5.16 Å². The zero-order valence-electron chi connectivity index (χ0n) is 6.00. The SMILES string of the molecule is Cc1cc(C(C)N)no1.Cl. The van der Waals surface area contributed by atoms with E-state index in [1.807, 2.05) is 19.9 Å². The van der Waals surface area contributed by atoms with E-state index in [1.165, 1.54) is 0 Å². The van der Waals surface area contributed by atoms with Crippen molar-refractivity contribution in [3.05, 3.63) is 17.5 Å². The number of halogens is 1.